The van der Waals surface area contributed by atoms with Crippen molar-refractivity contribution in [1.82, 2.24) is 4.31 Å². The van der Waals surface area contributed by atoms with Crippen molar-refractivity contribution in [1.29, 1.82) is 0 Å². The highest BCUT2D eigenvalue weighted by molar-refractivity contribution is 7.89. The lowest BCUT2D eigenvalue weighted by atomic mass is 10.0. The summed E-state index contributed by atoms with van der Waals surface area (Å²) in [5.74, 6) is -2.10. The highest BCUT2D eigenvalue weighted by Gasteiger charge is 2.30. The fourth-order valence-corrected chi connectivity index (χ4v) is 3.79. The average Bonchev–Trinajstić information content (AvgIpc) is 2.41. The number of hydrogen-bond acceptors (Lipinski definition) is 3. The molecule has 1 aromatic rings. The summed E-state index contributed by atoms with van der Waals surface area (Å²) in [6.45, 7) is 1.14. The zero-order valence-corrected chi connectivity index (χ0v) is 12.4. The highest BCUT2D eigenvalue weighted by Crippen LogP contribution is 2.24. The van der Waals surface area contributed by atoms with Crippen LogP contribution in [-0.4, -0.2) is 32.4 Å². The maximum atomic E-state index is 13.1. The molecule has 1 aliphatic heterocycles. The van der Waals surface area contributed by atoms with Crippen LogP contribution in [-0.2, 0) is 10.0 Å². The van der Waals surface area contributed by atoms with E-state index in [2.05, 4.69) is 0 Å². The van der Waals surface area contributed by atoms with E-state index >= 15 is 0 Å². The minimum Gasteiger partial charge on any atom is -0.330 e. The lowest BCUT2D eigenvalue weighted by Crippen LogP contribution is -2.42. The topological polar surface area (TPSA) is 63.4 Å². The van der Waals surface area contributed by atoms with Gasteiger partial charge in [-0.2, -0.15) is 4.31 Å². The molecular formula is C12H17ClF2N2O2S. The number of halogens is 3. The van der Waals surface area contributed by atoms with Gasteiger partial charge in [0.2, 0.25) is 10.0 Å². The van der Waals surface area contributed by atoms with Gasteiger partial charge in [0.05, 0.1) is 4.90 Å². The maximum absolute atomic E-state index is 13.1. The van der Waals surface area contributed by atoms with E-state index in [0.717, 1.165) is 31.0 Å². The van der Waals surface area contributed by atoms with Crippen molar-refractivity contribution in [2.24, 2.45) is 11.7 Å². The number of benzene rings is 1. The van der Waals surface area contributed by atoms with Crippen LogP contribution in [0.4, 0.5) is 8.78 Å². The van der Waals surface area contributed by atoms with E-state index in [-0.39, 0.29) is 23.2 Å². The van der Waals surface area contributed by atoms with Crippen molar-refractivity contribution < 1.29 is 17.2 Å². The van der Waals surface area contributed by atoms with E-state index < -0.39 is 21.7 Å². The maximum Gasteiger partial charge on any atom is 0.243 e. The molecule has 1 aliphatic rings. The fourth-order valence-electron chi connectivity index (χ4n) is 2.22. The van der Waals surface area contributed by atoms with Crippen molar-refractivity contribution in [3.8, 4) is 0 Å². The summed E-state index contributed by atoms with van der Waals surface area (Å²) >= 11 is 0. The quantitative estimate of drug-likeness (QED) is 0.920. The summed E-state index contributed by atoms with van der Waals surface area (Å²) in [5, 5.41) is 0. The first-order valence-electron chi connectivity index (χ1n) is 6.10. The number of hydrogen-bond donors (Lipinski definition) is 1. The predicted molar refractivity (Wildman–Crippen MR) is 74.1 cm³/mol. The molecule has 20 heavy (non-hydrogen) atoms. The molecule has 0 spiro atoms. The largest absolute Gasteiger partial charge is 0.330 e. The Balaban J connectivity index is 0.00000200. The molecule has 1 atom stereocenters. The minimum atomic E-state index is -3.77. The summed E-state index contributed by atoms with van der Waals surface area (Å²) in [4.78, 5) is -0.218. The third-order valence-corrected chi connectivity index (χ3v) is 5.21. The van der Waals surface area contributed by atoms with Crippen LogP contribution in [0, 0.1) is 17.6 Å². The second-order valence-electron chi connectivity index (χ2n) is 4.68. The van der Waals surface area contributed by atoms with E-state index in [0.29, 0.717) is 19.6 Å². The Morgan fingerprint density at radius 3 is 2.60 bits per heavy atom. The second kappa shape index (κ2) is 6.80. The van der Waals surface area contributed by atoms with E-state index in [9.17, 15) is 17.2 Å². The summed E-state index contributed by atoms with van der Waals surface area (Å²) in [7, 11) is -3.77. The standard InChI is InChI=1S/C12H16F2N2O2S.ClH/c13-11-4-3-10(6-12(11)14)19(17,18)16-5-1-2-9(7-15)8-16;/h3-4,6,9H,1-2,5,7-8,15H2;1H. The lowest BCUT2D eigenvalue weighted by Gasteiger charge is -2.31. The van der Waals surface area contributed by atoms with Gasteiger partial charge < -0.3 is 5.73 Å². The van der Waals surface area contributed by atoms with Crippen molar-refractivity contribution in [2.75, 3.05) is 19.6 Å². The molecule has 0 saturated carbocycles. The van der Waals surface area contributed by atoms with E-state index in [4.69, 9.17) is 5.73 Å². The first-order valence-corrected chi connectivity index (χ1v) is 7.54. The molecule has 0 aliphatic carbocycles. The number of rotatable bonds is 3. The van der Waals surface area contributed by atoms with E-state index in [1.165, 1.54) is 4.31 Å². The van der Waals surface area contributed by atoms with Crippen LogP contribution in [0.25, 0.3) is 0 Å². The first-order chi connectivity index (χ1) is 8.95. The van der Waals surface area contributed by atoms with Gasteiger partial charge in [-0.15, -0.1) is 12.4 Å². The van der Waals surface area contributed by atoms with Crippen LogP contribution in [0.5, 0.6) is 0 Å². The van der Waals surface area contributed by atoms with Crippen molar-refractivity contribution in [3.05, 3.63) is 29.8 Å². The molecule has 0 bridgehead atoms. The molecule has 1 fully saturated rings. The molecule has 2 N–H and O–H groups in total. The SMILES string of the molecule is Cl.NCC1CCCN(S(=O)(=O)c2ccc(F)c(F)c2)C1. The van der Waals surface area contributed by atoms with Gasteiger partial charge in [-0.3, -0.25) is 0 Å². The van der Waals surface area contributed by atoms with Gasteiger partial charge in [0.1, 0.15) is 0 Å². The van der Waals surface area contributed by atoms with E-state index in [1.807, 2.05) is 0 Å². The van der Waals surface area contributed by atoms with Gasteiger partial charge in [-0.1, -0.05) is 0 Å². The van der Waals surface area contributed by atoms with Crippen LogP contribution in [0.3, 0.4) is 0 Å². The summed E-state index contributed by atoms with van der Waals surface area (Å²) < 4.78 is 51.9. The minimum absolute atomic E-state index is 0. The second-order valence-corrected chi connectivity index (χ2v) is 6.62. The molecule has 1 aromatic carbocycles. The van der Waals surface area contributed by atoms with Crippen LogP contribution in [0.1, 0.15) is 12.8 Å². The number of piperidine rings is 1. The van der Waals surface area contributed by atoms with Gasteiger partial charge >= 0.3 is 0 Å². The zero-order chi connectivity index (χ0) is 14.0. The lowest BCUT2D eigenvalue weighted by molar-refractivity contribution is 0.271. The molecule has 2 rings (SSSR count). The number of nitrogens with zero attached hydrogens (tertiary/aromatic N) is 1. The van der Waals surface area contributed by atoms with Crippen LogP contribution < -0.4 is 5.73 Å². The Labute approximate surface area is 123 Å². The third-order valence-electron chi connectivity index (χ3n) is 3.34. The van der Waals surface area contributed by atoms with Crippen molar-refractivity contribution >= 4 is 22.4 Å². The molecule has 1 saturated heterocycles. The monoisotopic (exact) mass is 326 g/mol. The summed E-state index contributed by atoms with van der Waals surface area (Å²) in [6.07, 6.45) is 1.62. The third kappa shape index (κ3) is 3.46. The smallest absolute Gasteiger partial charge is 0.243 e. The molecule has 8 heteroatoms. The Bertz CT molecular complexity index is 569. The van der Waals surface area contributed by atoms with Crippen LogP contribution >= 0.6 is 12.4 Å². The molecule has 1 unspecified atom stereocenters. The van der Waals surface area contributed by atoms with Crippen molar-refractivity contribution in [3.63, 3.8) is 0 Å². The Hall–Kier alpha value is -0.760. The first kappa shape index (κ1) is 17.3. The van der Waals surface area contributed by atoms with Gasteiger partial charge in [0.15, 0.2) is 11.6 Å². The van der Waals surface area contributed by atoms with E-state index in [1.54, 1.807) is 0 Å². The normalized spacial score (nSPS) is 20.4. The van der Waals surface area contributed by atoms with Gasteiger partial charge in [0, 0.05) is 13.1 Å². The van der Waals surface area contributed by atoms with Gasteiger partial charge in [-0.05, 0) is 43.5 Å². The van der Waals surface area contributed by atoms with Gasteiger partial charge in [-0.25, -0.2) is 17.2 Å². The molecular weight excluding hydrogens is 310 g/mol. The predicted octanol–water partition coefficient (Wildman–Crippen LogP) is 1.75. The molecule has 4 nitrogen and oxygen atoms in total. The summed E-state index contributed by atoms with van der Waals surface area (Å²) in [5.41, 5.74) is 5.56. The molecule has 1 heterocycles. The Kier molecular flexibility index (Phi) is 5.88. The number of nitrogens with two attached hydrogens (primary N) is 1. The molecule has 0 radical (unpaired) electrons. The molecule has 0 amide bonds. The molecule has 114 valence electrons. The molecule has 0 aromatic heterocycles. The highest BCUT2D eigenvalue weighted by atomic mass is 35.5. The van der Waals surface area contributed by atoms with Crippen molar-refractivity contribution in [2.45, 2.75) is 17.7 Å². The van der Waals surface area contributed by atoms with Gasteiger partial charge in [0.25, 0.3) is 0 Å². The van der Waals surface area contributed by atoms with Crippen LogP contribution in [0.15, 0.2) is 23.1 Å². The number of sulfonamides is 1. The Morgan fingerprint density at radius 2 is 2.00 bits per heavy atom. The zero-order valence-electron chi connectivity index (χ0n) is 10.8. The average molecular weight is 327 g/mol. The summed E-state index contributed by atoms with van der Waals surface area (Å²) in [6, 6.07) is 2.63. The van der Waals surface area contributed by atoms with Crippen LogP contribution in [0.2, 0.25) is 0 Å². The fraction of sp³-hybridized carbons (Fsp3) is 0.500. The Morgan fingerprint density at radius 1 is 1.30 bits per heavy atom.